The highest BCUT2D eigenvalue weighted by molar-refractivity contribution is 5.55. The molecule has 0 aromatic carbocycles. The molecule has 19 heavy (non-hydrogen) atoms. The van der Waals surface area contributed by atoms with Crippen molar-refractivity contribution < 1.29 is 10.0 Å². The zero-order chi connectivity index (χ0) is 13.8. The van der Waals surface area contributed by atoms with E-state index < -0.39 is 4.92 Å². The Kier molecular flexibility index (Phi) is 4.13. The first-order valence-electron chi connectivity index (χ1n) is 6.13. The van der Waals surface area contributed by atoms with Crippen molar-refractivity contribution in [3.8, 4) is 0 Å². The molecule has 0 amide bonds. The van der Waals surface area contributed by atoms with Crippen LogP contribution in [0.2, 0.25) is 0 Å². The smallest absolute Gasteiger partial charge is 0.276 e. The molecule has 104 valence electrons. The van der Waals surface area contributed by atoms with Gasteiger partial charge < -0.3 is 15.4 Å². The maximum absolute atomic E-state index is 10.9. The van der Waals surface area contributed by atoms with Crippen molar-refractivity contribution in [3.05, 3.63) is 22.2 Å². The van der Waals surface area contributed by atoms with Gasteiger partial charge in [-0.2, -0.15) is 0 Å². The number of pyridine rings is 1. The molecule has 1 unspecified atom stereocenters. The second-order valence-electron chi connectivity index (χ2n) is 4.61. The van der Waals surface area contributed by atoms with Crippen molar-refractivity contribution in [1.82, 2.24) is 4.98 Å². The highest BCUT2D eigenvalue weighted by Crippen LogP contribution is 2.26. The minimum Gasteiger partial charge on any atom is -0.396 e. The van der Waals surface area contributed by atoms with Gasteiger partial charge in [-0.25, -0.2) is 10.8 Å². The lowest BCUT2D eigenvalue weighted by Crippen LogP contribution is -2.37. The van der Waals surface area contributed by atoms with Gasteiger partial charge in [-0.15, -0.1) is 0 Å². The predicted octanol–water partition coefficient (Wildman–Crippen LogP) is 0.484. The Morgan fingerprint density at radius 2 is 2.42 bits per heavy atom. The molecule has 1 saturated heterocycles. The summed E-state index contributed by atoms with van der Waals surface area (Å²) in [5.74, 6) is 6.24. The molecule has 1 aromatic heterocycles. The summed E-state index contributed by atoms with van der Waals surface area (Å²) in [6.07, 6.45) is 1.89. The first-order valence-corrected chi connectivity index (χ1v) is 6.13. The third-order valence-corrected chi connectivity index (χ3v) is 3.26. The van der Waals surface area contributed by atoms with Gasteiger partial charge in [0.1, 0.15) is 11.6 Å². The number of aliphatic hydroxyl groups is 1. The second-order valence-corrected chi connectivity index (χ2v) is 4.61. The minimum absolute atomic E-state index is 0.0518. The van der Waals surface area contributed by atoms with Crippen molar-refractivity contribution in [2.75, 3.05) is 30.0 Å². The van der Waals surface area contributed by atoms with E-state index in [0.717, 1.165) is 19.4 Å². The van der Waals surface area contributed by atoms with Crippen LogP contribution in [0.5, 0.6) is 0 Å². The van der Waals surface area contributed by atoms with Crippen LogP contribution in [0.25, 0.3) is 0 Å². The van der Waals surface area contributed by atoms with E-state index in [0.29, 0.717) is 12.4 Å². The monoisotopic (exact) mass is 267 g/mol. The molecule has 8 nitrogen and oxygen atoms in total. The second kappa shape index (κ2) is 5.81. The largest absolute Gasteiger partial charge is 0.396 e. The van der Waals surface area contributed by atoms with E-state index in [4.69, 9.17) is 5.84 Å². The first-order chi connectivity index (χ1) is 9.13. The van der Waals surface area contributed by atoms with Crippen LogP contribution in [-0.4, -0.2) is 34.7 Å². The van der Waals surface area contributed by atoms with Crippen LogP contribution in [-0.2, 0) is 0 Å². The van der Waals surface area contributed by atoms with Gasteiger partial charge in [0, 0.05) is 19.7 Å². The molecule has 0 spiro atoms. The van der Waals surface area contributed by atoms with Crippen LogP contribution >= 0.6 is 0 Å². The molecule has 1 fully saturated rings. The number of hydrazine groups is 1. The van der Waals surface area contributed by atoms with Gasteiger partial charge in [0.25, 0.3) is 5.69 Å². The summed E-state index contributed by atoms with van der Waals surface area (Å²) in [4.78, 5) is 16.6. The average Bonchev–Trinajstić information content (AvgIpc) is 2.46. The van der Waals surface area contributed by atoms with Crippen LogP contribution < -0.4 is 16.2 Å². The summed E-state index contributed by atoms with van der Waals surface area (Å²) in [6.45, 7) is 1.54. The summed E-state index contributed by atoms with van der Waals surface area (Å²) < 4.78 is 0. The van der Waals surface area contributed by atoms with Gasteiger partial charge >= 0.3 is 0 Å². The van der Waals surface area contributed by atoms with Gasteiger partial charge in [-0.05, 0) is 18.8 Å². The Morgan fingerprint density at radius 3 is 3.05 bits per heavy atom. The lowest BCUT2D eigenvalue weighted by Gasteiger charge is -2.32. The number of aliphatic hydroxyl groups excluding tert-OH is 1. The lowest BCUT2D eigenvalue weighted by molar-refractivity contribution is -0.384. The van der Waals surface area contributed by atoms with Crippen LogP contribution in [0, 0.1) is 16.0 Å². The summed E-state index contributed by atoms with van der Waals surface area (Å²) in [5.41, 5.74) is 2.28. The topological polar surface area (TPSA) is 118 Å². The Balaban J connectivity index is 2.27. The molecule has 0 saturated carbocycles. The van der Waals surface area contributed by atoms with E-state index in [2.05, 4.69) is 10.4 Å². The van der Waals surface area contributed by atoms with Crippen LogP contribution in [0.1, 0.15) is 12.8 Å². The molecule has 1 atom stereocenters. The Bertz CT molecular complexity index is 468. The quantitative estimate of drug-likeness (QED) is 0.412. The molecule has 2 rings (SSSR count). The SMILES string of the molecule is NNc1cc([N+](=O)[O-])cc(N2CCCC(CO)C2)n1. The maximum Gasteiger partial charge on any atom is 0.276 e. The fraction of sp³-hybridized carbons (Fsp3) is 0.545. The van der Waals surface area contributed by atoms with Crippen LogP contribution in [0.3, 0.4) is 0 Å². The van der Waals surface area contributed by atoms with Crippen molar-refractivity contribution in [2.45, 2.75) is 12.8 Å². The van der Waals surface area contributed by atoms with E-state index in [1.54, 1.807) is 0 Å². The summed E-state index contributed by atoms with van der Waals surface area (Å²) in [7, 11) is 0. The number of anilines is 2. The molecular formula is C11H17N5O3. The number of nitrogens with zero attached hydrogens (tertiary/aromatic N) is 3. The molecular weight excluding hydrogens is 250 g/mol. The van der Waals surface area contributed by atoms with Gasteiger partial charge in [0.15, 0.2) is 0 Å². The fourth-order valence-corrected chi connectivity index (χ4v) is 2.27. The molecule has 2 heterocycles. The Labute approximate surface area is 110 Å². The number of nitrogen functional groups attached to an aromatic ring is 1. The van der Waals surface area contributed by atoms with Gasteiger partial charge in [-0.3, -0.25) is 10.1 Å². The Morgan fingerprint density at radius 1 is 1.63 bits per heavy atom. The third kappa shape index (κ3) is 3.09. The minimum atomic E-state index is -0.473. The zero-order valence-electron chi connectivity index (χ0n) is 10.5. The molecule has 8 heteroatoms. The molecule has 0 radical (unpaired) electrons. The van der Waals surface area contributed by atoms with E-state index in [1.807, 2.05) is 4.90 Å². The molecule has 1 aliphatic heterocycles. The molecule has 0 aliphatic carbocycles. The third-order valence-electron chi connectivity index (χ3n) is 3.26. The average molecular weight is 267 g/mol. The van der Waals surface area contributed by atoms with Crippen molar-refractivity contribution in [3.63, 3.8) is 0 Å². The number of piperidine rings is 1. The van der Waals surface area contributed by atoms with E-state index in [-0.39, 0.29) is 24.0 Å². The number of aromatic nitrogens is 1. The zero-order valence-corrected chi connectivity index (χ0v) is 10.5. The van der Waals surface area contributed by atoms with Crippen LogP contribution in [0.4, 0.5) is 17.3 Å². The maximum atomic E-state index is 10.9. The molecule has 4 N–H and O–H groups in total. The number of hydrogen-bond donors (Lipinski definition) is 3. The van der Waals surface area contributed by atoms with Crippen molar-refractivity contribution in [1.29, 1.82) is 0 Å². The number of nitrogens with two attached hydrogens (primary N) is 1. The Hall–Kier alpha value is -1.93. The number of hydrogen-bond acceptors (Lipinski definition) is 7. The summed E-state index contributed by atoms with van der Waals surface area (Å²) in [5, 5.41) is 20.1. The van der Waals surface area contributed by atoms with Crippen molar-refractivity contribution in [2.24, 2.45) is 11.8 Å². The van der Waals surface area contributed by atoms with E-state index in [1.165, 1.54) is 12.1 Å². The lowest BCUT2D eigenvalue weighted by atomic mass is 9.99. The molecule has 1 aliphatic rings. The summed E-state index contributed by atoms with van der Waals surface area (Å²) >= 11 is 0. The summed E-state index contributed by atoms with van der Waals surface area (Å²) in [6, 6.07) is 2.72. The van der Waals surface area contributed by atoms with Crippen molar-refractivity contribution >= 4 is 17.3 Å². The highest BCUT2D eigenvalue weighted by Gasteiger charge is 2.22. The fourth-order valence-electron chi connectivity index (χ4n) is 2.27. The standard InChI is InChI=1S/C11H17N5O3/c12-14-10-4-9(16(18)19)5-11(13-10)15-3-1-2-8(6-15)7-17/h4-5,8,17H,1-3,6-7,12H2,(H,13,14). The molecule has 1 aromatic rings. The van der Waals surface area contributed by atoms with E-state index >= 15 is 0 Å². The normalized spacial score (nSPS) is 19.3. The van der Waals surface area contributed by atoms with Crippen LogP contribution in [0.15, 0.2) is 12.1 Å². The number of nitrogens with one attached hydrogen (secondary N) is 1. The van der Waals surface area contributed by atoms with Gasteiger partial charge in [0.05, 0.1) is 17.1 Å². The van der Waals surface area contributed by atoms with E-state index in [9.17, 15) is 15.2 Å². The highest BCUT2D eigenvalue weighted by atomic mass is 16.6. The predicted molar refractivity (Wildman–Crippen MR) is 70.7 cm³/mol. The molecule has 0 bridgehead atoms. The first kappa shape index (κ1) is 13.5. The van der Waals surface area contributed by atoms with Gasteiger partial charge in [0.2, 0.25) is 0 Å². The number of nitro groups is 1. The number of rotatable bonds is 4. The van der Waals surface area contributed by atoms with Gasteiger partial charge in [-0.1, -0.05) is 0 Å².